The molecule has 0 atom stereocenters. The van der Waals surface area contributed by atoms with Crippen molar-refractivity contribution in [3.8, 4) is 0 Å². The van der Waals surface area contributed by atoms with Crippen LogP contribution in [-0.4, -0.2) is 15.8 Å². The van der Waals surface area contributed by atoms with Gasteiger partial charge in [-0.2, -0.15) is 0 Å². The Kier molecular flexibility index (Phi) is 4.46. The fourth-order valence-electron chi connectivity index (χ4n) is 1.92. The third-order valence-electron chi connectivity index (χ3n) is 3.07. The first-order valence-electron chi connectivity index (χ1n) is 6.39. The van der Waals surface area contributed by atoms with Crippen molar-refractivity contribution >= 4 is 28.9 Å². The molecule has 0 saturated heterocycles. The van der Waals surface area contributed by atoms with Crippen LogP contribution in [0.1, 0.15) is 11.1 Å². The molecule has 2 aromatic rings. The van der Waals surface area contributed by atoms with Gasteiger partial charge in [0, 0.05) is 29.8 Å². The lowest BCUT2D eigenvalue weighted by atomic mass is 10.0. The van der Waals surface area contributed by atoms with Crippen LogP contribution in [0.2, 0.25) is 0 Å². The summed E-state index contributed by atoms with van der Waals surface area (Å²) in [5, 5.41) is 21.3. The van der Waals surface area contributed by atoms with E-state index in [9.17, 15) is 25.0 Å². The van der Waals surface area contributed by atoms with E-state index in [4.69, 9.17) is 5.73 Å². The summed E-state index contributed by atoms with van der Waals surface area (Å²) in [7, 11) is 0. The summed E-state index contributed by atoms with van der Waals surface area (Å²) >= 11 is 0. The quantitative estimate of drug-likeness (QED) is 0.392. The predicted octanol–water partition coefficient (Wildman–Crippen LogP) is 2.53. The van der Waals surface area contributed by atoms with Gasteiger partial charge in [-0.25, -0.2) is 0 Å². The number of carbonyl (C=O) groups excluding carboxylic acids is 1. The summed E-state index contributed by atoms with van der Waals surface area (Å²) in [4.78, 5) is 31.8. The number of hydrogen-bond donors (Lipinski definition) is 1. The van der Waals surface area contributed by atoms with Gasteiger partial charge in [-0.1, -0.05) is 0 Å². The molecule has 1 amide bonds. The minimum atomic E-state index is -0.711. The van der Waals surface area contributed by atoms with Crippen molar-refractivity contribution in [1.82, 2.24) is 0 Å². The molecule has 8 nitrogen and oxygen atoms in total. The average molecular weight is 313 g/mol. The van der Waals surface area contributed by atoms with E-state index < -0.39 is 15.8 Å². The standard InChI is InChI=1S/C15H11N3O5/c16-15(19)14(11-3-7-13(8-4-11)18(22)23)9-10-1-5-12(6-2-10)17(20)21/h1-9H,(H2,16,19). The van der Waals surface area contributed by atoms with E-state index >= 15 is 0 Å². The minimum Gasteiger partial charge on any atom is -0.366 e. The number of rotatable bonds is 5. The maximum absolute atomic E-state index is 11.6. The fraction of sp³-hybridized carbons (Fsp3) is 0. The summed E-state index contributed by atoms with van der Waals surface area (Å²) in [6, 6.07) is 10.9. The summed E-state index contributed by atoms with van der Waals surface area (Å²) in [6.07, 6.45) is 1.47. The van der Waals surface area contributed by atoms with E-state index in [0.29, 0.717) is 11.1 Å². The van der Waals surface area contributed by atoms with Gasteiger partial charge in [0.2, 0.25) is 5.91 Å². The van der Waals surface area contributed by atoms with E-state index in [1.165, 1.54) is 54.6 Å². The molecule has 0 aliphatic carbocycles. The van der Waals surface area contributed by atoms with Crippen molar-refractivity contribution in [2.24, 2.45) is 5.73 Å². The molecule has 2 aromatic carbocycles. The second kappa shape index (κ2) is 6.48. The molecule has 0 radical (unpaired) electrons. The predicted molar refractivity (Wildman–Crippen MR) is 83.3 cm³/mol. The molecule has 23 heavy (non-hydrogen) atoms. The zero-order valence-corrected chi connectivity index (χ0v) is 11.7. The van der Waals surface area contributed by atoms with Crippen LogP contribution in [0, 0.1) is 20.2 Å². The zero-order chi connectivity index (χ0) is 17.0. The Morgan fingerprint density at radius 3 is 1.70 bits per heavy atom. The molecule has 2 N–H and O–H groups in total. The fourth-order valence-corrected chi connectivity index (χ4v) is 1.92. The summed E-state index contributed by atoms with van der Waals surface area (Å²) < 4.78 is 0. The van der Waals surface area contributed by atoms with Gasteiger partial charge in [-0.15, -0.1) is 0 Å². The van der Waals surface area contributed by atoms with Crippen LogP contribution in [0.3, 0.4) is 0 Å². The molecule has 116 valence electrons. The van der Waals surface area contributed by atoms with Crippen molar-refractivity contribution < 1.29 is 14.6 Å². The first-order valence-corrected chi connectivity index (χ1v) is 6.39. The Labute approximate surface area is 130 Å². The van der Waals surface area contributed by atoms with Crippen molar-refractivity contribution in [3.63, 3.8) is 0 Å². The highest BCUT2D eigenvalue weighted by Crippen LogP contribution is 2.22. The van der Waals surface area contributed by atoms with Crippen LogP contribution in [-0.2, 0) is 4.79 Å². The molecule has 8 heteroatoms. The van der Waals surface area contributed by atoms with Crippen LogP contribution < -0.4 is 5.73 Å². The molecule has 0 fully saturated rings. The van der Waals surface area contributed by atoms with Crippen molar-refractivity contribution in [3.05, 3.63) is 79.9 Å². The maximum atomic E-state index is 11.6. The Balaban J connectivity index is 2.39. The highest BCUT2D eigenvalue weighted by Gasteiger charge is 2.12. The molecule has 0 unspecified atom stereocenters. The minimum absolute atomic E-state index is 0.0712. The smallest absolute Gasteiger partial charge is 0.269 e. The number of nitrogens with two attached hydrogens (primary N) is 1. The van der Waals surface area contributed by atoms with Crippen molar-refractivity contribution in [2.75, 3.05) is 0 Å². The van der Waals surface area contributed by atoms with Gasteiger partial charge in [-0.05, 0) is 41.5 Å². The molecule has 0 bridgehead atoms. The number of hydrogen-bond acceptors (Lipinski definition) is 5. The average Bonchev–Trinajstić information content (AvgIpc) is 2.53. The van der Waals surface area contributed by atoms with Gasteiger partial charge in [0.15, 0.2) is 0 Å². The number of amides is 1. The molecular formula is C15H11N3O5. The van der Waals surface area contributed by atoms with Gasteiger partial charge < -0.3 is 5.73 Å². The number of nitro groups is 2. The third kappa shape index (κ3) is 3.76. The number of nitrogens with zero attached hydrogens (tertiary/aromatic N) is 2. The Morgan fingerprint density at radius 1 is 0.870 bits per heavy atom. The van der Waals surface area contributed by atoms with Crippen LogP contribution in [0.15, 0.2) is 48.5 Å². The summed E-state index contributed by atoms with van der Waals surface area (Å²) in [5.41, 5.74) is 6.28. The first kappa shape index (κ1) is 15.8. The Bertz CT molecular complexity index is 795. The highest BCUT2D eigenvalue weighted by atomic mass is 16.6. The van der Waals surface area contributed by atoms with Crippen LogP contribution in [0.4, 0.5) is 11.4 Å². The van der Waals surface area contributed by atoms with Crippen molar-refractivity contribution in [2.45, 2.75) is 0 Å². The number of benzene rings is 2. The number of primary amides is 1. The molecule has 2 rings (SSSR count). The summed E-state index contributed by atoms with van der Waals surface area (Å²) in [5.74, 6) is -0.711. The lowest BCUT2D eigenvalue weighted by Crippen LogP contribution is -2.12. The van der Waals surface area contributed by atoms with Gasteiger partial charge in [-0.3, -0.25) is 25.0 Å². The van der Waals surface area contributed by atoms with Crippen LogP contribution >= 0.6 is 0 Å². The normalized spacial score (nSPS) is 11.0. The first-order chi connectivity index (χ1) is 10.9. The number of nitro benzene ring substituents is 2. The second-order valence-corrected chi connectivity index (χ2v) is 4.57. The third-order valence-corrected chi connectivity index (χ3v) is 3.07. The van der Waals surface area contributed by atoms with Crippen LogP contribution in [0.5, 0.6) is 0 Å². The van der Waals surface area contributed by atoms with E-state index in [0.717, 1.165) is 0 Å². The Morgan fingerprint density at radius 2 is 1.30 bits per heavy atom. The van der Waals surface area contributed by atoms with Gasteiger partial charge in [0.05, 0.1) is 9.85 Å². The molecule has 0 aliphatic heterocycles. The highest BCUT2D eigenvalue weighted by molar-refractivity contribution is 6.23. The maximum Gasteiger partial charge on any atom is 0.269 e. The van der Waals surface area contributed by atoms with Gasteiger partial charge in [0.25, 0.3) is 11.4 Å². The molecule has 0 saturated carbocycles. The monoisotopic (exact) mass is 313 g/mol. The second-order valence-electron chi connectivity index (χ2n) is 4.57. The molecule has 0 heterocycles. The van der Waals surface area contributed by atoms with Gasteiger partial charge in [0.1, 0.15) is 0 Å². The van der Waals surface area contributed by atoms with Crippen LogP contribution in [0.25, 0.3) is 11.6 Å². The SMILES string of the molecule is NC(=O)C(=Cc1ccc([N+](=O)[O-])cc1)c1ccc([N+](=O)[O-])cc1. The van der Waals surface area contributed by atoms with E-state index in [1.807, 2.05) is 0 Å². The lowest BCUT2D eigenvalue weighted by Gasteiger charge is -2.04. The van der Waals surface area contributed by atoms with Gasteiger partial charge >= 0.3 is 0 Å². The largest absolute Gasteiger partial charge is 0.366 e. The summed E-state index contributed by atoms with van der Waals surface area (Å²) in [6.45, 7) is 0. The molecule has 0 aliphatic rings. The van der Waals surface area contributed by atoms with E-state index in [1.54, 1.807) is 0 Å². The zero-order valence-electron chi connectivity index (χ0n) is 11.7. The number of non-ortho nitro benzene ring substituents is 2. The lowest BCUT2D eigenvalue weighted by molar-refractivity contribution is -0.385. The van der Waals surface area contributed by atoms with E-state index in [2.05, 4.69) is 0 Å². The topological polar surface area (TPSA) is 129 Å². The number of carbonyl (C=O) groups is 1. The van der Waals surface area contributed by atoms with E-state index in [-0.39, 0.29) is 16.9 Å². The molecule has 0 spiro atoms. The molecule has 0 aromatic heterocycles. The Hall–Kier alpha value is -3.55. The molecular weight excluding hydrogens is 302 g/mol. The van der Waals surface area contributed by atoms with Crippen molar-refractivity contribution in [1.29, 1.82) is 0 Å².